The first-order chi connectivity index (χ1) is 10.2. The lowest BCUT2D eigenvalue weighted by Crippen LogP contribution is -2.03. The van der Waals surface area contributed by atoms with Crippen molar-refractivity contribution in [3.63, 3.8) is 0 Å². The van der Waals surface area contributed by atoms with Gasteiger partial charge in [-0.25, -0.2) is 4.79 Å². The molecule has 4 heteroatoms. The van der Waals surface area contributed by atoms with Gasteiger partial charge in [-0.3, -0.25) is 4.98 Å². The zero-order chi connectivity index (χ0) is 14.9. The number of aromatic nitrogens is 1. The number of pyridine rings is 1. The predicted molar refractivity (Wildman–Crippen MR) is 84.0 cm³/mol. The van der Waals surface area contributed by atoms with E-state index < -0.39 is 0 Å². The minimum absolute atomic E-state index is 0.337. The highest BCUT2D eigenvalue weighted by atomic mass is 35.5. The third kappa shape index (κ3) is 5.79. The van der Waals surface area contributed by atoms with Crippen LogP contribution in [0.3, 0.4) is 0 Å². The van der Waals surface area contributed by atoms with Crippen LogP contribution in [-0.2, 0) is 16.0 Å². The van der Waals surface area contributed by atoms with Crippen LogP contribution in [0.4, 0.5) is 0 Å². The number of ether oxygens (including phenoxy) is 1. The summed E-state index contributed by atoms with van der Waals surface area (Å²) < 4.78 is 5.14. The predicted octanol–water partition coefficient (Wildman–Crippen LogP) is 3.92. The molecule has 0 radical (unpaired) electrons. The Morgan fingerprint density at radius 2 is 2.05 bits per heavy atom. The van der Waals surface area contributed by atoms with Crippen LogP contribution in [-0.4, -0.2) is 17.6 Å². The van der Waals surface area contributed by atoms with E-state index in [9.17, 15) is 4.79 Å². The van der Waals surface area contributed by atoms with Gasteiger partial charge in [0.1, 0.15) is 0 Å². The molecule has 0 N–H and O–H groups in total. The first-order valence-corrected chi connectivity index (χ1v) is 7.11. The Morgan fingerprint density at radius 1 is 1.24 bits per heavy atom. The summed E-state index contributed by atoms with van der Waals surface area (Å²) in [4.78, 5) is 15.6. The van der Waals surface area contributed by atoms with Gasteiger partial charge < -0.3 is 4.74 Å². The Kier molecular flexibility index (Phi) is 5.98. The van der Waals surface area contributed by atoms with Gasteiger partial charge in [0.25, 0.3) is 0 Å². The van der Waals surface area contributed by atoms with Crippen molar-refractivity contribution >= 4 is 23.6 Å². The summed E-state index contributed by atoms with van der Waals surface area (Å²) in [6.07, 6.45) is 8.33. The van der Waals surface area contributed by atoms with Gasteiger partial charge in [0, 0.05) is 23.5 Å². The molecule has 0 aliphatic heterocycles. The van der Waals surface area contributed by atoms with E-state index in [1.165, 1.54) is 6.08 Å². The highest BCUT2D eigenvalue weighted by molar-refractivity contribution is 6.30. The van der Waals surface area contributed by atoms with Crippen LogP contribution in [0, 0.1) is 0 Å². The van der Waals surface area contributed by atoms with Gasteiger partial charge in [-0.2, -0.15) is 0 Å². The molecule has 2 aromatic rings. The molecule has 1 heterocycles. The molecule has 1 aromatic carbocycles. The van der Waals surface area contributed by atoms with Crippen LogP contribution in [0.2, 0.25) is 5.02 Å². The third-order valence-electron chi connectivity index (χ3n) is 2.86. The van der Waals surface area contributed by atoms with Crippen molar-refractivity contribution in [1.82, 2.24) is 4.98 Å². The summed E-state index contributed by atoms with van der Waals surface area (Å²) in [5.74, 6) is -0.337. The van der Waals surface area contributed by atoms with E-state index in [0.717, 1.165) is 24.0 Å². The molecular formula is C17H16ClNO2. The Labute approximate surface area is 129 Å². The topological polar surface area (TPSA) is 39.2 Å². The van der Waals surface area contributed by atoms with Gasteiger partial charge in [0.05, 0.1) is 6.61 Å². The standard InChI is InChI=1S/C17H16ClNO2/c18-16-8-5-14(6-9-16)7-10-17(20)21-12-2-4-15-3-1-11-19-13-15/h1,3,5-11,13H,2,4,12H2/b10-7+. The number of aryl methyl sites for hydroxylation is 1. The summed E-state index contributed by atoms with van der Waals surface area (Å²) in [6, 6.07) is 11.1. The molecule has 0 atom stereocenters. The second-order valence-electron chi connectivity index (χ2n) is 4.52. The summed E-state index contributed by atoms with van der Waals surface area (Å²) in [6.45, 7) is 0.401. The average molecular weight is 302 g/mol. The number of carbonyl (C=O) groups excluding carboxylic acids is 1. The molecule has 0 aliphatic carbocycles. The highest BCUT2D eigenvalue weighted by Crippen LogP contribution is 2.10. The normalized spacial score (nSPS) is 10.7. The van der Waals surface area contributed by atoms with Gasteiger partial charge in [-0.05, 0) is 48.2 Å². The van der Waals surface area contributed by atoms with Crippen LogP contribution in [0.25, 0.3) is 6.08 Å². The van der Waals surface area contributed by atoms with E-state index >= 15 is 0 Å². The lowest BCUT2D eigenvalue weighted by molar-refractivity contribution is -0.137. The minimum Gasteiger partial charge on any atom is -0.463 e. The SMILES string of the molecule is O=C(/C=C/c1ccc(Cl)cc1)OCCCc1cccnc1. The van der Waals surface area contributed by atoms with E-state index in [4.69, 9.17) is 16.3 Å². The Hall–Kier alpha value is -2.13. The summed E-state index contributed by atoms with van der Waals surface area (Å²) in [7, 11) is 0. The maximum Gasteiger partial charge on any atom is 0.330 e. The van der Waals surface area contributed by atoms with Crippen LogP contribution < -0.4 is 0 Å². The largest absolute Gasteiger partial charge is 0.463 e. The minimum atomic E-state index is -0.337. The van der Waals surface area contributed by atoms with E-state index in [0.29, 0.717) is 11.6 Å². The zero-order valence-corrected chi connectivity index (χ0v) is 12.3. The molecule has 0 fully saturated rings. The molecule has 0 unspecified atom stereocenters. The lowest BCUT2D eigenvalue weighted by atomic mass is 10.2. The molecule has 2 rings (SSSR count). The Balaban J connectivity index is 1.69. The fourth-order valence-corrected chi connectivity index (χ4v) is 1.91. The number of rotatable bonds is 6. The fraction of sp³-hybridized carbons (Fsp3) is 0.176. The molecule has 0 aliphatic rings. The second kappa shape index (κ2) is 8.22. The van der Waals surface area contributed by atoms with E-state index in [-0.39, 0.29) is 5.97 Å². The van der Waals surface area contributed by atoms with Crippen LogP contribution in [0.5, 0.6) is 0 Å². The van der Waals surface area contributed by atoms with Gasteiger partial charge in [0.15, 0.2) is 0 Å². The van der Waals surface area contributed by atoms with Crippen molar-refractivity contribution in [3.8, 4) is 0 Å². The van der Waals surface area contributed by atoms with Gasteiger partial charge in [-0.15, -0.1) is 0 Å². The molecule has 1 aromatic heterocycles. The number of nitrogens with zero attached hydrogens (tertiary/aromatic N) is 1. The van der Waals surface area contributed by atoms with Crippen molar-refractivity contribution in [1.29, 1.82) is 0 Å². The van der Waals surface area contributed by atoms with E-state index in [2.05, 4.69) is 4.98 Å². The smallest absolute Gasteiger partial charge is 0.330 e. The molecule has 108 valence electrons. The van der Waals surface area contributed by atoms with E-state index in [1.807, 2.05) is 30.5 Å². The quantitative estimate of drug-likeness (QED) is 0.461. The number of benzene rings is 1. The molecule has 21 heavy (non-hydrogen) atoms. The molecule has 0 amide bonds. The molecule has 0 spiro atoms. The zero-order valence-electron chi connectivity index (χ0n) is 11.5. The maximum absolute atomic E-state index is 11.5. The van der Waals surface area contributed by atoms with Crippen LogP contribution >= 0.6 is 11.6 Å². The average Bonchev–Trinajstić information content (AvgIpc) is 2.52. The first-order valence-electron chi connectivity index (χ1n) is 6.73. The maximum atomic E-state index is 11.5. The van der Waals surface area contributed by atoms with Crippen molar-refractivity contribution < 1.29 is 9.53 Å². The van der Waals surface area contributed by atoms with Crippen molar-refractivity contribution in [2.24, 2.45) is 0 Å². The summed E-state index contributed by atoms with van der Waals surface area (Å²) in [5, 5.41) is 0.671. The number of halogens is 1. The van der Waals surface area contributed by atoms with Gasteiger partial charge in [-0.1, -0.05) is 29.8 Å². The molecule has 3 nitrogen and oxygen atoms in total. The number of hydrogen-bond donors (Lipinski definition) is 0. The number of carbonyl (C=O) groups is 1. The molecule has 0 saturated heterocycles. The highest BCUT2D eigenvalue weighted by Gasteiger charge is 1.98. The Morgan fingerprint density at radius 3 is 2.76 bits per heavy atom. The number of esters is 1. The van der Waals surface area contributed by atoms with Gasteiger partial charge >= 0.3 is 5.97 Å². The molecular weight excluding hydrogens is 286 g/mol. The second-order valence-corrected chi connectivity index (χ2v) is 4.95. The van der Waals surface area contributed by atoms with Crippen molar-refractivity contribution in [2.45, 2.75) is 12.8 Å². The fourth-order valence-electron chi connectivity index (χ4n) is 1.78. The lowest BCUT2D eigenvalue weighted by Gasteiger charge is -2.02. The van der Waals surface area contributed by atoms with Crippen LogP contribution in [0.15, 0.2) is 54.9 Å². The van der Waals surface area contributed by atoms with Crippen LogP contribution in [0.1, 0.15) is 17.5 Å². The molecule has 0 saturated carbocycles. The summed E-state index contributed by atoms with van der Waals surface area (Å²) >= 11 is 5.79. The summed E-state index contributed by atoms with van der Waals surface area (Å²) in [5.41, 5.74) is 2.05. The van der Waals surface area contributed by atoms with Crippen molar-refractivity contribution in [2.75, 3.05) is 6.61 Å². The van der Waals surface area contributed by atoms with Crippen molar-refractivity contribution in [3.05, 3.63) is 71.0 Å². The molecule has 0 bridgehead atoms. The first kappa shape index (κ1) is 15.3. The third-order valence-corrected chi connectivity index (χ3v) is 3.11. The van der Waals surface area contributed by atoms with Gasteiger partial charge in [0.2, 0.25) is 0 Å². The van der Waals surface area contributed by atoms with E-state index in [1.54, 1.807) is 24.4 Å². The Bertz CT molecular complexity index is 594. The monoisotopic (exact) mass is 301 g/mol. The number of hydrogen-bond acceptors (Lipinski definition) is 3.